The van der Waals surface area contributed by atoms with E-state index in [1.807, 2.05) is 31.5 Å². The molecule has 0 aromatic carbocycles. The van der Waals surface area contributed by atoms with Gasteiger partial charge in [-0.25, -0.2) is 9.59 Å². The molecular formula is C29H45N5O6. The SMILES string of the molecule is COC(=O)C(CC1CCc2ccnn21)NC(=O)[C@@H]1[C@@H]2[C@H](CN1C(=O)C(NC(=O)OC(C)(C)C)C(C)(C)C)C2(C)C. The van der Waals surface area contributed by atoms with Gasteiger partial charge in [0.25, 0.3) is 0 Å². The first-order chi connectivity index (χ1) is 18.5. The number of ether oxygens (including phenoxy) is 2. The zero-order valence-corrected chi connectivity index (χ0v) is 25.2. The van der Waals surface area contributed by atoms with Crippen LogP contribution in [0.1, 0.15) is 80.0 Å². The van der Waals surface area contributed by atoms with Gasteiger partial charge in [0.1, 0.15) is 23.7 Å². The zero-order chi connectivity index (χ0) is 29.8. The summed E-state index contributed by atoms with van der Waals surface area (Å²) in [5.74, 6) is -1.16. The first kappa shape index (κ1) is 29.9. The van der Waals surface area contributed by atoms with Gasteiger partial charge >= 0.3 is 12.1 Å². The van der Waals surface area contributed by atoms with Crippen LogP contribution in [0.15, 0.2) is 12.3 Å². The largest absolute Gasteiger partial charge is 0.467 e. The lowest BCUT2D eigenvalue weighted by Gasteiger charge is -2.38. The summed E-state index contributed by atoms with van der Waals surface area (Å²) in [7, 11) is 1.30. The smallest absolute Gasteiger partial charge is 0.408 e. The van der Waals surface area contributed by atoms with Gasteiger partial charge in [0, 0.05) is 24.9 Å². The van der Waals surface area contributed by atoms with Crippen LogP contribution in [-0.4, -0.2) is 75.9 Å². The van der Waals surface area contributed by atoms with Crippen LogP contribution in [0.3, 0.4) is 0 Å². The standard InChI is InChI=1S/C29H45N5O6/c1-27(2,3)22(32-26(38)40-28(4,5)6)24(36)33-15-18-20(29(18,7)8)21(33)23(35)31-19(25(37)39-9)14-17-11-10-16-12-13-30-34(16)17/h12-13,17-22H,10-11,14-15H2,1-9H3,(H,31,35)(H,32,38)/t17?,18-,19?,20-,21-,22?/m0/s1. The third-order valence-corrected chi connectivity index (χ3v) is 8.68. The molecule has 3 unspecified atom stereocenters. The highest BCUT2D eigenvalue weighted by molar-refractivity contribution is 5.95. The average Bonchev–Trinajstić information content (AvgIpc) is 3.34. The molecule has 2 aliphatic heterocycles. The predicted molar refractivity (Wildman–Crippen MR) is 147 cm³/mol. The highest BCUT2D eigenvalue weighted by atomic mass is 16.6. The fourth-order valence-electron chi connectivity index (χ4n) is 6.46. The van der Waals surface area contributed by atoms with E-state index in [1.165, 1.54) is 7.11 Å². The van der Waals surface area contributed by atoms with Crippen LogP contribution in [0.4, 0.5) is 4.79 Å². The Kier molecular flexibility index (Phi) is 7.75. The Hall–Kier alpha value is -3.11. The Morgan fingerprint density at radius 3 is 2.40 bits per heavy atom. The molecule has 6 atom stereocenters. The third kappa shape index (κ3) is 5.83. The number of alkyl carbamates (subject to hydrolysis) is 1. The molecule has 1 aliphatic carbocycles. The molecule has 11 nitrogen and oxygen atoms in total. The number of hydrogen-bond acceptors (Lipinski definition) is 7. The Labute approximate surface area is 236 Å². The van der Waals surface area contributed by atoms with Gasteiger partial charge in [0.2, 0.25) is 11.8 Å². The second-order valence-electron chi connectivity index (χ2n) is 14.1. The molecule has 4 rings (SSSR count). The molecule has 0 bridgehead atoms. The molecule has 1 aromatic rings. The number of hydrogen-bond donors (Lipinski definition) is 2. The summed E-state index contributed by atoms with van der Waals surface area (Å²) in [6.45, 7) is 15.5. The molecular weight excluding hydrogens is 514 g/mol. The highest BCUT2D eigenvalue weighted by Gasteiger charge is 2.70. The van der Waals surface area contributed by atoms with Crippen LogP contribution in [0.5, 0.6) is 0 Å². The summed E-state index contributed by atoms with van der Waals surface area (Å²) < 4.78 is 12.4. The minimum atomic E-state index is -0.911. The van der Waals surface area contributed by atoms with Crippen molar-refractivity contribution < 1.29 is 28.7 Å². The number of carbonyl (C=O) groups excluding carboxylic acids is 4. The first-order valence-corrected chi connectivity index (χ1v) is 14.2. The van der Waals surface area contributed by atoms with Gasteiger partial charge in [-0.15, -0.1) is 0 Å². The van der Waals surface area contributed by atoms with Crippen molar-refractivity contribution in [3.63, 3.8) is 0 Å². The van der Waals surface area contributed by atoms with E-state index in [9.17, 15) is 19.2 Å². The van der Waals surface area contributed by atoms with Crippen molar-refractivity contribution in [3.05, 3.63) is 18.0 Å². The maximum absolute atomic E-state index is 14.0. The molecule has 2 fully saturated rings. The van der Waals surface area contributed by atoms with Crippen LogP contribution in [0.2, 0.25) is 0 Å². The molecule has 3 amide bonds. The maximum Gasteiger partial charge on any atom is 0.408 e. The minimum absolute atomic E-state index is 0.0378. The molecule has 3 heterocycles. The van der Waals surface area contributed by atoms with Crippen molar-refractivity contribution in [1.82, 2.24) is 25.3 Å². The number of nitrogens with zero attached hydrogens (tertiary/aromatic N) is 3. The van der Waals surface area contributed by atoms with Gasteiger partial charge in [-0.3, -0.25) is 14.3 Å². The summed E-state index contributed by atoms with van der Waals surface area (Å²) in [6.07, 6.45) is 3.07. The monoisotopic (exact) mass is 559 g/mol. The normalized spacial score (nSPS) is 26.3. The van der Waals surface area contributed by atoms with Crippen molar-refractivity contribution in [2.75, 3.05) is 13.7 Å². The van der Waals surface area contributed by atoms with Crippen molar-refractivity contribution in [2.45, 2.75) is 104 Å². The number of aryl methyl sites for hydroxylation is 1. The number of aromatic nitrogens is 2. The average molecular weight is 560 g/mol. The number of carbonyl (C=O) groups is 4. The van der Waals surface area contributed by atoms with Gasteiger partial charge in [-0.1, -0.05) is 34.6 Å². The van der Waals surface area contributed by atoms with E-state index in [1.54, 1.807) is 31.9 Å². The van der Waals surface area contributed by atoms with Gasteiger partial charge in [0.05, 0.1) is 13.2 Å². The van der Waals surface area contributed by atoms with Gasteiger partial charge < -0.3 is 25.0 Å². The quantitative estimate of drug-likeness (QED) is 0.491. The summed E-state index contributed by atoms with van der Waals surface area (Å²) >= 11 is 0. The summed E-state index contributed by atoms with van der Waals surface area (Å²) in [4.78, 5) is 55.0. The summed E-state index contributed by atoms with van der Waals surface area (Å²) in [5.41, 5.74) is -0.391. The lowest BCUT2D eigenvalue weighted by molar-refractivity contribution is -0.148. The van der Waals surface area contributed by atoms with Crippen molar-refractivity contribution in [1.29, 1.82) is 0 Å². The molecule has 0 radical (unpaired) electrons. The second kappa shape index (κ2) is 10.4. The molecule has 40 heavy (non-hydrogen) atoms. The molecule has 222 valence electrons. The van der Waals surface area contributed by atoms with E-state index in [2.05, 4.69) is 29.6 Å². The molecule has 11 heteroatoms. The topological polar surface area (TPSA) is 132 Å². The number of piperidine rings is 1. The first-order valence-electron chi connectivity index (χ1n) is 14.2. The number of rotatable bonds is 7. The highest BCUT2D eigenvalue weighted by Crippen LogP contribution is 2.65. The summed E-state index contributed by atoms with van der Waals surface area (Å²) in [5, 5.41) is 10.1. The second-order valence-corrected chi connectivity index (χ2v) is 14.1. The third-order valence-electron chi connectivity index (χ3n) is 8.68. The van der Waals surface area contributed by atoms with Crippen molar-refractivity contribution in [3.8, 4) is 0 Å². The van der Waals surface area contributed by atoms with E-state index < -0.39 is 41.2 Å². The Morgan fingerprint density at radius 2 is 1.80 bits per heavy atom. The van der Waals surface area contributed by atoms with Crippen LogP contribution in [0.25, 0.3) is 0 Å². The van der Waals surface area contributed by atoms with Gasteiger partial charge in [-0.05, 0) is 62.3 Å². The summed E-state index contributed by atoms with van der Waals surface area (Å²) in [6, 6.07) is -0.641. The van der Waals surface area contributed by atoms with Crippen molar-refractivity contribution >= 4 is 23.9 Å². The number of amides is 3. The van der Waals surface area contributed by atoms with Crippen molar-refractivity contribution in [2.24, 2.45) is 22.7 Å². The molecule has 0 spiro atoms. The van der Waals surface area contributed by atoms with E-state index in [0.29, 0.717) is 13.0 Å². The number of methoxy groups -OCH3 is 1. The molecule has 2 N–H and O–H groups in total. The fraction of sp³-hybridized carbons (Fsp3) is 0.759. The molecule has 1 saturated heterocycles. The number of esters is 1. The van der Waals surface area contributed by atoms with Gasteiger partial charge in [-0.2, -0.15) is 5.10 Å². The predicted octanol–water partition coefficient (Wildman–Crippen LogP) is 2.84. The van der Waals surface area contributed by atoms with Crippen LogP contribution in [-0.2, 0) is 30.3 Å². The van der Waals surface area contributed by atoms with E-state index >= 15 is 0 Å². The lowest BCUT2D eigenvalue weighted by atomic mass is 9.85. The van der Waals surface area contributed by atoms with Crippen LogP contribution in [0, 0.1) is 22.7 Å². The lowest BCUT2D eigenvalue weighted by Crippen LogP contribution is -2.60. The Balaban J connectivity index is 1.55. The fourth-order valence-corrected chi connectivity index (χ4v) is 6.46. The van der Waals surface area contributed by atoms with E-state index in [-0.39, 0.29) is 35.1 Å². The maximum atomic E-state index is 14.0. The van der Waals surface area contributed by atoms with Crippen LogP contribution >= 0.6 is 0 Å². The van der Waals surface area contributed by atoms with E-state index in [4.69, 9.17) is 9.47 Å². The van der Waals surface area contributed by atoms with E-state index in [0.717, 1.165) is 18.5 Å². The Morgan fingerprint density at radius 1 is 1.12 bits per heavy atom. The number of fused-ring (bicyclic) bond motifs is 2. The molecule has 1 saturated carbocycles. The van der Waals surface area contributed by atoms with Gasteiger partial charge in [0.15, 0.2) is 0 Å². The Bertz CT molecular complexity index is 1160. The minimum Gasteiger partial charge on any atom is -0.467 e. The zero-order valence-electron chi connectivity index (χ0n) is 25.2. The van der Waals surface area contributed by atoms with Crippen LogP contribution < -0.4 is 10.6 Å². The number of likely N-dealkylation sites (tertiary alicyclic amines) is 1. The molecule has 3 aliphatic rings. The number of nitrogens with one attached hydrogen (secondary N) is 2. The molecule has 1 aromatic heterocycles.